The minimum atomic E-state index is -0.449. The molecule has 0 fully saturated rings. The van der Waals surface area contributed by atoms with Gasteiger partial charge in [0.15, 0.2) is 0 Å². The van der Waals surface area contributed by atoms with Crippen molar-refractivity contribution in [2.24, 2.45) is 0 Å². The van der Waals surface area contributed by atoms with Crippen molar-refractivity contribution in [3.63, 3.8) is 0 Å². The number of aromatic nitrogens is 1. The molecule has 2 aromatic rings. The summed E-state index contributed by atoms with van der Waals surface area (Å²) in [7, 11) is 1.63. The minimum Gasteiger partial charge on any atom is -0.299 e. The molecule has 21 heavy (non-hydrogen) atoms. The zero-order valence-corrected chi connectivity index (χ0v) is 12.1. The van der Waals surface area contributed by atoms with E-state index in [1.165, 1.54) is 11.0 Å². The number of thioether (sulfide) groups is 1. The topological polar surface area (TPSA) is 76.3 Å². The molecule has 108 valence electrons. The Morgan fingerprint density at radius 2 is 2.00 bits per heavy atom. The molecule has 0 atom stereocenters. The number of benzene rings is 1. The number of nitrogens with zero attached hydrogens (tertiary/aromatic N) is 3. The van der Waals surface area contributed by atoms with Crippen molar-refractivity contribution in [3.8, 4) is 0 Å². The molecule has 1 heterocycles. The van der Waals surface area contributed by atoms with Gasteiger partial charge in [-0.15, -0.1) is 11.8 Å². The van der Waals surface area contributed by atoms with Gasteiger partial charge in [-0.05, 0) is 18.2 Å². The van der Waals surface area contributed by atoms with Crippen molar-refractivity contribution in [2.75, 3.05) is 17.7 Å². The lowest BCUT2D eigenvalue weighted by molar-refractivity contribution is -0.387. The van der Waals surface area contributed by atoms with Crippen LogP contribution in [0, 0.1) is 10.1 Å². The maximum atomic E-state index is 12.1. The summed E-state index contributed by atoms with van der Waals surface area (Å²) < 4.78 is 0. The summed E-state index contributed by atoms with van der Waals surface area (Å²) in [5.74, 6) is 0.486. The SMILES string of the molecule is CN(C(=O)CSc1ccccc1[N+](=O)[O-])c1ccccn1. The summed E-state index contributed by atoms with van der Waals surface area (Å²) in [4.78, 5) is 28.6. The Hall–Kier alpha value is -2.41. The molecule has 0 N–H and O–H groups in total. The maximum absolute atomic E-state index is 12.1. The van der Waals surface area contributed by atoms with Gasteiger partial charge in [-0.25, -0.2) is 4.98 Å². The lowest BCUT2D eigenvalue weighted by Crippen LogP contribution is -2.28. The first-order chi connectivity index (χ1) is 10.1. The molecule has 0 saturated carbocycles. The highest BCUT2D eigenvalue weighted by Gasteiger charge is 2.16. The molecule has 1 amide bonds. The van der Waals surface area contributed by atoms with E-state index in [4.69, 9.17) is 0 Å². The Morgan fingerprint density at radius 1 is 1.29 bits per heavy atom. The standard InChI is InChI=1S/C14H13N3O3S/c1-16(13-8-4-5-9-15-13)14(18)10-21-12-7-3-2-6-11(12)17(19)20/h2-9H,10H2,1H3. The summed E-state index contributed by atoms with van der Waals surface area (Å²) in [6.45, 7) is 0. The second-order valence-electron chi connectivity index (χ2n) is 4.15. The predicted octanol–water partition coefficient (Wildman–Crippen LogP) is 2.74. The number of nitro groups is 1. The molecule has 0 unspecified atom stereocenters. The van der Waals surface area contributed by atoms with E-state index in [1.807, 2.05) is 0 Å². The number of rotatable bonds is 5. The smallest absolute Gasteiger partial charge is 0.282 e. The Kier molecular flexibility index (Phi) is 4.89. The largest absolute Gasteiger partial charge is 0.299 e. The van der Waals surface area contributed by atoms with Crippen LogP contribution in [-0.2, 0) is 4.79 Å². The highest BCUT2D eigenvalue weighted by Crippen LogP contribution is 2.28. The van der Waals surface area contributed by atoms with Crippen LogP contribution in [0.2, 0.25) is 0 Å². The fraction of sp³-hybridized carbons (Fsp3) is 0.143. The molecule has 2 rings (SSSR count). The lowest BCUT2D eigenvalue weighted by Gasteiger charge is -2.15. The second kappa shape index (κ2) is 6.85. The number of nitro benzene ring substituents is 1. The molecule has 0 aliphatic rings. The third-order valence-corrected chi connectivity index (χ3v) is 3.83. The van der Waals surface area contributed by atoms with Crippen molar-refractivity contribution >= 4 is 29.2 Å². The third-order valence-electron chi connectivity index (χ3n) is 2.78. The number of amides is 1. The Bertz CT molecular complexity index is 649. The van der Waals surface area contributed by atoms with Gasteiger partial charge in [0.25, 0.3) is 5.69 Å². The fourth-order valence-electron chi connectivity index (χ4n) is 1.65. The number of pyridine rings is 1. The van der Waals surface area contributed by atoms with Crippen molar-refractivity contribution in [1.82, 2.24) is 4.98 Å². The van der Waals surface area contributed by atoms with Gasteiger partial charge < -0.3 is 0 Å². The summed E-state index contributed by atoms with van der Waals surface area (Å²) in [5.41, 5.74) is 0.00999. The average Bonchev–Trinajstić information content (AvgIpc) is 2.52. The number of anilines is 1. The monoisotopic (exact) mass is 303 g/mol. The van der Waals surface area contributed by atoms with Gasteiger partial charge in [0, 0.05) is 19.3 Å². The van der Waals surface area contributed by atoms with Crippen LogP contribution in [-0.4, -0.2) is 28.6 Å². The van der Waals surface area contributed by atoms with Gasteiger partial charge in [0.05, 0.1) is 15.6 Å². The van der Waals surface area contributed by atoms with Crippen molar-refractivity contribution < 1.29 is 9.72 Å². The molecule has 0 bridgehead atoms. The number of hydrogen-bond acceptors (Lipinski definition) is 5. The predicted molar refractivity (Wildman–Crippen MR) is 81.5 cm³/mol. The fourth-order valence-corrected chi connectivity index (χ4v) is 2.58. The summed E-state index contributed by atoms with van der Waals surface area (Å²) >= 11 is 1.15. The lowest BCUT2D eigenvalue weighted by atomic mass is 10.3. The third kappa shape index (κ3) is 3.79. The van der Waals surface area contributed by atoms with Crippen LogP contribution in [0.3, 0.4) is 0 Å². The molecular weight excluding hydrogens is 290 g/mol. The molecular formula is C14H13N3O3S. The average molecular weight is 303 g/mol. The van der Waals surface area contributed by atoms with Crippen LogP contribution in [0.5, 0.6) is 0 Å². The van der Waals surface area contributed by atoms with Crippen molar-refractivity contribution in [1.29, 1.82) is 0 Å². The maximum Gasteiger partial charge on any atom is 0.282 e. The Balaban J connectivity index is 2.03. The highest BCUT2D eigenvalue weighted by atomic mass is 32.2. The van der Waals surface area contributed by atoms with Crippen LogP contribution in [0.15, 0.2) is 53.6 Å². The summed E-state index contributed by atoms with van der Waals surface area (Å²) in [6.07, 6.45) is 1.61. The van der Waals surface area contributed by atoms with E-state index in [0.29, 0.717) is 10.7 Å². The van der Waals surface area contributed by atoms with Crippen LogP contribution >= 0.6 is 11.8 Å². The minimum absolute atomic E-state index is 0.00999. The van der Waals surface area contributed by atoms with Gasteiger partial charge in [-0.2, -0.15) is 0 Å². The number of carbonyl (C=O) groups excluding carboxylic acids is 1. The zero-order chi connectivity index (χ0) is 15.2. The van der Waals surface area contributed by atoms with E-state index in [9.17, 15) is 14.9 Å². The zero-order valence-electron chi connectivity index (χ0n) is 11.3. The van der Waals surface area contributed by atoms with Crippen LogP contribution in [0.25, 0.3) is 0 Å². The molecule has 0 spiro atoms. The highest BCUT2D eigenvalue weighted by molar-refractivity contribution is 8.00. The number of para-hydroxylation sites is 1. The van der Waals surface area contributed by atoms with Crippen LogP contribution < -0.4 is 4.90 Å². The molecule has 1 aromatic heterocycles. The number of hydrogen-bond donors (Lipinski definition) is 0. The Labute approximate surface area is 126 Å². The molecule has 0 radical (unpaired) electrons. The first-order valence-electron chi connectivity index (χ1n) is 6.13. The summed E-state index contributed by atoms with van der Waals surface area (Å²) in [5, 5.41) is 10.9. The van der Waals surface area contributed by atoms with Crippen molar-refractivity contribution in [2.45, 2.75) is 4.90 Å². The molecule has 1 aromatic carbocycles. The first kappa shape index (κ1) is 15.0. The molecule has 0 saturated heterocycles. The molecule has 6 nitrogen and oxygen atoms in total. The van der Waals surface area contributed by atoms with E-state index in [2.05, 4.69) is 4.98 Å². The molecule has 0 aliphatic carbocycles. The van der Waals surface area contributed by atoms with Gasteiger partial charge >= 0.3 is 0 Å². The quantitative estimate of drug-likeness (QED) is 0.482. The van der Waals surface area contributed by atoms with E-state index in [0.717, 1.165) is 11.8 Å². The molecule has 0 aliphatic heterocycles. The van der Waals surface area contributed by atoms with Gasteiger partial charge in [-0.1, -0.05) is 18.2 Å². The van der Waals surface area contributed by atoms with Gasteiger partial charge in [-0.3, -0.25) is 19.8 Å². The van der Waals surface area contributed by atoms with Crippen molar-refractivity contribution in [3.05, 3.63) is 58.8 Å². The van der Waals surface area contributed by atoms with E-state index < -0.39 is 4.92 Å². The first-order valence-corrected chi connectivity index (χ1v) is 7.12. The molecule has 7 heteroatoms. The van der Waals surface area contributed by atoms with Crippen LogP contribution in [0.4, 0.5) is 11.5 Å². The van der Waals surface area contributed by atoms with Gasteiger partial charge in [0.2, 0.25) is 5.91 Å². The van der Waals surface area contributed by atoms with Crippen LogP contribution in [0.1, 0.15) is 0 Å². The van der Waals surface area contributed by atoms with E-state index in [-0.39, 0.29) is 17.3 Å². The Morgan fingerprint density at radius 3 is 2.67 bits per heavy atom. The second-order valence-corrected chi connectivity index (χ2v) is 5.17. The number of carbonyl (C=O) groups is 1. The normalized spacial score (nSPS) is 10.1. The van der Waals surface area contributed by atoms with Gasteiger partial charge in [0.1, 0.15) is 5.82 Å². The van der Waals surface area contributed by atoms with E-state index in [1.54, 1.807) is 49.6 Å². The summed E-state index contributed by atoms with van der Waals surface area (Å²) in [6, 6.07) is 11.7. The van der Waals surface area contributed by atoms with E-state index >= 15 is 0 Å².